The van der Waals surface area contributed by atoms with Crippen LogP contribution >= 0.6 is 0 Å². The molecule has 1 heterocycles. The summed E-state index contributed by atoms with van der Waals surface area (Å²) in [4.78, 5) is 2.10. The lowest BCUT2D eigenvalue weighted by molar-refractivity contribution is 0.00793. The zero-order valence-corrected chi connectivity index (χ0v) is 14.9. The van der Waals surface area contributed by atoms with Gasteiger partial charge in [-0.05, 0) is 36.0 Å². The Balaban J connectivity index is 2.32. The van der Waals surface area contributed by atoms with Crippen LogP contribution in [-0.2, 0) is 10.2 Å². The van der Waals surface area contributed by atoms with Crippen molar-refractivity contribution in [2.75, 3.05) is 19.8 Å². The molecule has 0 aromatic heterocycles. The molecule has 0 aliphatic carbocycles. The topological polar surface area (TPSA) is 12.5 Å². The van der Waals surface area contributed by atoms with Gasteiger partial charge in [-0.1, -0.05) is 51.6 Å². The lowest BCUT2D eigenvalue weighted by Gasteiger charge is -2.38. The van der Waals surface area contributed by atoms with Gasteiger partial charge in [-0.25, -0.2) is 4.39 Å². The minimum atomic E-state index is -0.219. The number of hydrogen-bond acceptors (Lipinski definition) is 2. The average Bonchev–Trinajstić information content (AvgIpc) is 2.52. The molecule has 1 saturated heterocycles. The zero-order chi connectivity index (χ0) is 17.2. The van der Waals surface area contributed by atoms with E-state index in [1.807, 2.05) is 6.92 Å². The molecular weight excluding hydrogens is 289 g/mol. The quantitative estimate of drug-likeness (QED) is 0.716. The number of hydrogen-bond donors (Lipinski definition) is 0. The number of allylic oxidation sites excluding steroid dienone is 3. The van der Waals surface area contributed by atoms with E-state index >= 15 is 0 Å². The van der Waals surface area contributed by atoms with Gasteiger partial charge in [-0.3, -0.25) is 0 Å². The van der Waals surface area contributed by atoms with Crippen LogP contribution in [0.4, 0.5) is 4.39 Å². The Morgan fingerprint density at radius 1 is 1.22 bits per heavy atom. The molecule has 1 aromatic carbocycles. The Kier molecular flexibility index (Phi) is 5.30. The Hall–Kier alpha value is -1.61. The van der Waals surface area contributed by atoms with Crippen LogP contribution in [0.5, 0.6) is 0 Å². The predicted octanol–water partition coefficient (Wildman–Crippen LogP) is 5.13. The SMILES string of the molecule is C=C(C)/C(F)=C(\C)N1CCOCC1c1ccc(C(C)(C)C)cc1. The molecule has 0 saturated carbocycles. The van der Waals surface area contributed by atoms with Gasteiger partial charge in [0.25, 0.3) is 0 Å². The lowest BCUT2D eigenvalue weighted by Crippen LogP contribution is -2.38. The third kappa shape index (κ3) is 4.03. The molecule has 3 heteroatoms. The summed E-state index contributed by atoms with van der Waals surface area (Å²) in [6, 6.07) is 8.65. The van der Waals surface area contributed by atoms with Crippen LogP contribution in [0.25, 0.3) is 0 Å². The van der Waals surface area contributed by atoms with Crippen LogP contribution in [-0.4, -0.2) is 24.7 Å². The predicted molar refractivity (Wildman–Crippen MR) is 94.0 cm³/mol. The fraction of sp³-hybridized carbons (Fsp3) is 0.500. The van der Waals surface area contributed by atoms with Crippen molar-refractivity contribution in [1.82, 2.24) is 4.90 Å². The number of rotatable bonds is 3. The molecule has 23 heavy (non-hydrogen) atoms. The van der Waals surface area contributed by atoms with Gasteiger partial charge in [-0.2, -0.15) is 0 Å². The van der Waals surface area contributed by atoms with Gasteiger partial charge in [0.05, 0.1) is 19.3 Å². The second-order valence-electron chi connectivity index (χ2n) is 7.34. The standard InChI is InChI=1S/C20H28FNO/c1-14(2)19(21)15(3)22-11-12-23-13-18(22)16-7-9-17(10-8-16)20(4,5)6/h7-10,18H,1,11-13H2,2-6H3/b19-15-. The number of nitrogens with zero attached hydrogens (tertiary/aromatic N) is 1. The number of halogens is 1. The maximum absolute atomic E-state index is 14.3. The van der Waals surface area contributed by atoms with E-state index in [9.17, 15) is 4.39 Å². The molecule has 0 amide bonds. The van der Waals surface area contributed by atoms with E-state index < -0.39 is 0 Å². The van der Waals surface area contributed by atoms with E-state index in [2.05, 4.69) is 56.5 Å². The number of benzene rings is 1. The van der Waals surface area contributed by atoms with Crippen LogP contribution in [0.1, 0.15) is 51.8 Å². The minimum absolute atomic E-state index is 0.0443. The highest BCUT2D eigenvalue weighted by atomic mass is 19.1. The van der Waals surface area contributed by atoms with Gasteiger partial charge in [0.2, 0.25) is 0 Å². The van der Waals surface area contributed by atoms with Crippen molar-refractivity contribution in [1.29, 1.82) is 0 Å². The highest BCUT2D eigenvalue weighted by Gasteiger charge is 2.27. The van der Waals surface area contributed by atoms with Gasteiger partial charge in [0.1, 0.15) is 5.83 Å². The summed E-state index contributed by atoms with van der Waals surface area (Å²) in [5, 5.41) is 0. The zero-order valence-electron chi connectivity index (χ0n) is 14.9. The maximum atomic E-state index is 14.3. The molecule has 1 aliphatic heterocycles. The van der Waals surface area contributed by atoms with Gasteiger partial charge < -0.3 is 9.64 Å². The Bertz CT molecular complexity index is 595. The first kappa shape index (κ1) is 17.7. The lowest BCUT2D eigenvalue weighted by atomic mass is 9.86. The molecular formula is C20H28FNO. The summed E-state index contributed by atoms with van der Waals surface area (Å²) in [5.74, 6) is -0.219. The largest absolute Gasteiger partial charge is 0.377 e. The van der Waals surface area contributed by atoms with E-state index in [1.54, 1.807) is 6.92 Å². The molecule has 1 aliphatic rings. The summed E-state index contributed by atoms with van der Waals surface area (Å²) in [5.41, 5.74) is 3.70. The van der Waals surface area contributed by atoms with Crippen molar-refractivity contribution >= 4 is 0 Å². The Morgan fingerprint density at radius 2 is 1.83 bits per heavy atom. The van der Waals surface area contributed by atoms with Gasteiger partial charge in [0, 0.05) is 12.2 Å². The van der Waals surface area contributed by atoms with E-state index in [1.165, 1.54) is 5.56 Å². The Morgan fingerprint density at radius 3 is 2.35 bits per heavy atom. The van der Waals surface area contributed by atoms with Crippen LogP contribution < -0.4 is 0 Å². The normalized spacial score (nSPS) is 20.3. The molecule has 0 radical (unpaired) electrons. The summed E-state index contributed by atoms with van der Waals surface area (Å²) < 4.78 is 20.0. The first-order valence-corrected chi connectivity index (χ1v) is 8.19. The highest BCUT2D eigenvalue weighted by molar-refractivity contribution is 5.31. The summed E-state index contributed by atoms with van der Waals surface area (Å²) in [6.07, 6.45) is 0. The van der Waals surface area contributed by atoms with Crippen LogP contribution in [0.3, 0.4) is 0 Å². The summed E-state index contributed by atoms with van der Waals surface area (Å²) >= 11 is 0. The second kappa shape index (κ2) is 6.88. The third-order valence-corrected chi connectivity index (χ3v) is 4.41. The molecule has 2 nitrogen and oxygen atoms in total. The molecule has 1 unspecified atom stereocenters. The van der Waals surface area contributed by atoms with Crippen molar-refractivity contribution in [3.8, 4) is 0 Å². The van der Waals surface area contributed by atoms with Crippen molar-refractivity contribution < 1.29 is 9.13 Å². The molecule has 1 fully saturated rings. The molecule has 0 bridgehead atoms. The highest BCUT2D eigenvalue weighted by Crippen LogP contribution is 2.32. The van der Waals surface area contributed by atoms with Crippen LogP contribution in [0.2, 0.25) is 0 Å². The fourth-order valence-electron chi connectivity index (χ4n) is 2.92. The molecule has 2 rings (SSSR count). The molecule has 1 aromatic rings. The van der Waals surface area contributed by atoms with Crippen LogP contribution in [0.15, 0.2) is 47.9 Å². The van der Waals surface area contributed by atoms with E-state index in [4.69, 9.17) is 4.74 Å². The van der Waals surface area contributed by atoms with Crippen molar-refractivity contribution in [3.63, 3.8) is 0 Å². The molecule has 0 N–H and O–H groups in total. The molecule has 1 atom stereocenters. The number of ether oxygens (including phenoxy) is 1. The third-order valence-electron chi connectivity index (χ3n) is 4.41. The summed E-state index contributed by atoms with van der Waals surface area (Å²) in [6.45, 7) is 15.7. The Labute approximate surface area is 139 Å². The molecule has 0 spiro atoms. The fourth-order valence-corrected chi connectivity index (χ4v) is 2.92. The van der Waals surface area contributed by atoms with Crippen molar-refractivity contribution in [2.24, 2.45) is 0 Å². The smallest absolute Gasteiger partial charge is 0.144 e. The second-order valence-corrected chi connectivity index (χ2v) is 7.34. The first-order valence-electron chi connectivity index (χ1n) is 8.19. The van der Waals surface area contributed by atoms with Gasteiger partial charge in [-0.15, -0.1) is 0 Å². The summed E-state index contributed by atoms with van der Waals surface area (Å²) in [7, 11) is 0. The van der Waals surface area contributed by atoms with Crippen LogP contribution in [0, 0.1) is 0 Å². The van der Waals surface area contributed by atoms with Crippen molar-refractivity contribution in [3.05, 3.63) is 59.1 Å². The van der Waals surface area contributed by atoms with E-state index in [0.717, 1.165) is 5.56 Å². The van der Waals surface area contributed by atoms with Gasteiger partial charge >= 0.3 is 0 Å². The van der Waals surface area contributed by atoms with Gasteiger partial charge in [0.15, 0.2) is 0 Å². The van der Waals surface area contributed by atoms with E-state index in [0.29, 0.717) is 31.0 Å². The average molecular weight is 317 g/mol. The molecule has 126 valence electrons. The minimum Gasteiger partial charge on any atom is -0.377 e. The van der Waals surface area contributed by atoms with E-state index in [-0.39, 0.29) is 17.3 Å². The monoisotopic (exact) mass is 317 g/mol. The maximum Gasteiger partial charge on any atom is 0.144 e. The first-order chi connectivity index (χ1) is 10.7. The van der Waals surface area contributed by atoms with Crippen molar-refractivity contribution in [2.45, 2.75) is 46.1 Å². The number of morpholine rings is 1.